The molecule has 0 amide bonds. The van der Waals surface area contributed by atoms with Crippen LogP contribution < -0.4 is 4.74 Å². The minimum Gasteiger partial charge on any atom is -0.490 e. The molecule has 2 unspecified atom stereocenters. The van der Waals surface area contributed by atoms with Gasteiger partial charge < -0.3 is 24.3 Å². The zero-order valence-corrected chi connectivity index (χ0v) is 19.0. The second-order valence-corrected chi connectivity index (χ2v) is 9.14. The third kappa shape index (κ3) is 4.91. The van der Waals surface area contributed by atoms with E-state index in [0.29, 0.717) is 29.6 Å². The van der Waals surface area contributed by atoms with Gasteiger partial charge in [-0.3, -0.25) is 0 Å². The van der Waals surface area contributed by atoms with E-state index in [1.807, 2.05) is 18.2 Å². The number of likely N-dealkylation sites (tertiary alicyclic amines) is 1. The number of β-amino-alcohol motifs (C(OH)–C–C–N with tert-alkyl or cyclic N) is 1. The fourth-order valence-electron chi connectivity index (χ4n) is 4.83. The van der Waals surface area contributed by atoms with Crippen LogP contribution in [0.2, 0.25) is 0 Å². The van der Waals surface area contributed by atoms with E-state index in [4.69, 9.17) is 9.15 Å². The summed E-state index contributed by atoms with van der Waals surface area (Å²) in [7, 11) is 0. The fourth-order valence-corrected chi connectivity index (χ4v) is 4.83. The van der Waals surface area contributed by atoms with Crippen LogP contribution in [0.1, 0.15) is 43.1 Å². The lowest BCUT2D eigenvalue weighted by Crippen LogP contribution is -2.40. The molecule has 0 bridgehead atoms. The first kappa shape index (κ1) is 22.0. The Morgan fingerprint density at radius 1 is 0.970 bits per heavy atom. The summed E-state index contributed by atoms with van der Waals surface area (Å²) in [5.41, 5.74) is 2.09. The van der Waals surface area contributed by atoms with Crippen molar-refractivity contribution in [1.82, 2.24) is 4.90 Å². The van der Waals surface area contributed by atoms with E-state index in [1.54, 1.807) is 13.0 Å². The average Bonchev–Trinajstić information content (AvgIpc) is 3.28. The standard InChI is InChI=1S/C28H31NO4/c1-19(30)28-16-25-26(7-4-8-27(25)33-28)32-18-24(31)17-29-13-11-21(12-14-29)23-10-9-20-5-2-3-6-22(20)15-23/h2-10,15-16,19,21,24,30-31H,11-14,17-18H2,1H3. The Morgan fingerprint density at radius 3 is 2.55 bits per heavy atom. The number of benzene rings is 3. The average molecular weight is 446 g/mol. The lowest BCUT2D eigenvalue weighted by molar-refractivity contribution is 0.0599. The molecule has 1 aliphatic rings. The van der Waals surface area contributed by atoms with Crippen molar-refractivity contribution in [2.24, 2.45) is 0 Å². The van der Waals surface area contributed by atoms with Gasteiger partial charge in [0, 0.05) is 6.54 Å². The van der Waals surface area contributed by atoms with Crippen LogP contribution in [0.5, 0.6) is 5.75 Å². The smallest absolute Gasteiger partial charge is 0.138 e. The van der Waals surface area contributed by atoms with Gasteiger partial charge in [-0.2, -0.15) is 0 Å². The summed E-state index contributed by atoms with van der Waals surface area (Å²) >= 11 is 0. The molecule has 33 heavy (non-hydrogen) atoms. The van der Waals surface area contributed by atoms with Gasteiger partial charge in [0.1, 0.15) is 35.9 Å². The fraction of sp³-hybridized carbons (Fsp3) is 0.357. The molecule has 0 radical (unpaired) electrons. The van der Waals surface area contributed by atoms with Gasteiger partial charge in [-0.25, -0.2) is 0 Å². The number of hydrogen-bond acceptors (Lipinski definition) is 5. The molecule has 1 aromatic heterocycles. The molecule has 172 valence electrons. The number of nitrogens with zero attached hydrogens (tertiary/aromatic N) is 1. The Labute approximate surface area is 194 Å². The predicted molar refractivity (Wildman–Crippen MR) is 131 cm³/mol. The van der Waals surface area contributed by atoms with Crippen LogP contribution >= 0.6 is 0 Å². The molecule has 2 heterocycles. The van der Waals surface area contributed by atoms with Crippen molar-refractivity contribution in [3.8, 4) is 5.75 Å². The highest BCUT2D eigenvalue weighted by Crippen LogP contribution is 2.32. The second-order valence-electron chi connectivity index (χ2n) is 9.14. The molecule has 1 aliphatic heterocycles. The minimum atomic E-state index is -0.673. The van der Waals surface area contributed by atoms with E-state index < -0.39 is 12.2 Å². The summed E-state index contributed by atoms with van der Waals surface area (Å²) in [5, 5.41) is 23.8. The summed E-state index contributed by atoms with van der Waals surface area (Å²) in [5.74, 6) is 1.74. The van der Waals surface area contributed by atoms with Crippen LogP contribution in [-0.4, -0.2) is 47.5 Å². The maximum atomic E-state index is 10.6. The number of aliphatic hydroxyl groups excluding tert-OH is 2. The van der Waals surface area contributed by atoms with Crippen molar-refractivity contribution in [2.75, 3.05) is 26.2 Å². The van der Waals surface area contributed by atoms with Gasteiger partial charge in [-0.05, 0) is 73.3 Å². The monoisotopic (exact) mass is 445 g/mol. The van der Waals surface area contributed by atoms with Crippen LogP contribution in [0.3, 0.4) is 0 Å². The maximum absolute atomic E-state index is 10.6. The molecule has 2 N–H and O–H groups in total. The Kier molecular flexibility index (Phi) is 6.36. The lowest BCUT2D eigenvalue weighted by atomic mass is 9.88. The van der Waals surface area contributed by atoms with Gasteiger partial charge in [0.15, 0.2) is 0 Å². The van der Waals surface area contributed by atoms with E-state index in [1.165, 1.54) is 16.3 Å². The zero-order chi connectivity index (χ0) is 22.8. The minimum absolute atomic E-state index is 0.221. The third-order valence-electron chi connectivity index (χ3n) is 6.68. The molecule has 3 aromatic carbocycles. The highest BCUT2D eigenvalue weighted by atomic mass is 16.5. The number of fused-ring (bicyclic) bond motifs is 2. The summed E-state index contributed by atoms with van der Waals surface area (Å²) < 4.78 is 11.6. The quantitative estimate of drug-likeness (QED) is 0.406. The maximum Gasteiger partial charge on any atom is 0.138 e. The molecule has 1 fully saturated rings. The first-order valence-electron chi connectivity index (χ1n) is 11.8. The first-order valence-corrected chi connectivity index (χ1v) is 11.8. The summed E-state index contributed by atoms with van der Waals surface area (Å²) in [6, 6.07) is 22.7. The van der Waals surface area contributed by atoms with Crippen molar-refractivity contribution in [2.45, 2.75) is 37.9 Å². The molecule has 4 aromatic rings. The number of rotatable bonds is 7. The van der Waals surface area contributed by atoms with Crippen LogP contribution in [0.25, 0.3) is 21.7 Å². The van der Waals surface area contributed by atoms with Gasteiger partial charge in [0.2, 0.25) is 0 Å². The Bertz CT molecular complexity index is 1220. The van der Waals surface area contributed by atoms with Crippen molar-refractivity contribution < 1.29 is 19.4 Å². The molecule has 2 atom stereocenters. The van der Waals surface area contributed by atoms with E-state index >= 15 is 0 Å². The summed E-state index contributed by atoms with van der Waals surface area (Å²) in [4.78, 5) is 2.33. The summed E-state index contributed by atoms with van der Waals surface area (Å²) in [6.07, 6.45) is 0.957. The zero-order valence-electron chi connectivity index (χ0n) is 19.0. The SMILES string of the molecule is CC(O)c1cc2c(OCC(O)CN3CCC(c4ccc5ccccc5c4)CC3)cccc2o1. The van der Waals surface area contributed by atoms with E-state index in [0.717, 1.165) is 31.3 Å². The van der Waals surface area contributed by atoms with Crippen molar-refractivity contribution >= 4 is 21.7 Å². The van der Waals surface area contributed by atoms with E-state index in [9.17, 15) is 10.2 Å². The molecule has 1 saturated heterocycles. The van der Waals surface area contributed by atoms with Crippen molar-refractivity contribution in [3.05, 3.63) is 78.1 Å². The van der Waals surface area contributed by atoms with Gasteiger partial charge in [0.05, 0.1) is 5.39 Å². The number of aliphatic hydroxyl groups is 2. The number of furan rings is 1. The van der Waals surface area contributed by atoms with Gasteiger partial charge in [0.25, 0.3) is 0 Å². The normalized spacial score (nSPS) is 17.4. The topological polar surface area (TPSA) is 66.1 Å². The van der Waals surface area contributed by atoms with E-state index in [-0.39, 0.29) is 6.61 Å². The number of hydrogen-bond donors (Lipinski definition) is 2. The van der Waals surface area contributed by atoms with E-state index in [2.05, 4.69) is 47.4 Å². The van der Waals surface area contributed by atoms with Gasteiger partial charge in [-0.1, -0.05) is 48.5 Å². The largest absolute Gasteiger partial charge is 0.490 e. The molecule has 0 saturated carbocycles. The molecule has 5 nitrogen and oxygen atoms in total. The Balaban J connectivity index is 1.14. The molecule has 0 spiro atoms. The molecule has 0 aliphatic carbocycles. The Morgan fingerprint density at radius 2 is 1.76 bits per heavy atom. The molecular weight excluding hydrogens is 414 g/mol. The number of piperidine rings is 1. The second kappa shape index (κ2) is 9.56. The van der Waals surface area contributed by atoms with Crippen LogP contribution in [0.15, 0.2) is 71.1 Å². The molecular formula is C28H31NO4. The third-order valence-corrected chi connectivity index (χ3v) is 6.68. The highest BCUT2D eigenvalue weighted by molar-refractivity contribution is 5.85. The van der Waals surface area contributed by atoms with Crippen LogP contribution in [0.4, 0.5) is 0 Å². The van der Waals surface area contributed by atoms with Crippen molar-refractivity contribution in [1.29, 1.82) is 0 Å². The van der Waals surface area contributed by atoms with Crippen LogP contribution in [0, 0.1) is 0 Å². The first-order chi connectivity index (χ1) is 16.1. The highest BCUT2D eigenvalue weighted by Gasteiger charge is 2.23. The van der Waals surface area contributed by atoms with Crippen molar-refractivity contribution in [3.63, 3.8) is 0 Å². The van der Waals surface area contributed by atoms with Gasteiger partial charge >= 0.3 is 0 Å². The lowest BCUT2D eigenvalue weighted by Gasteiger charge is -2.33. The Hall–Kier alpha value is -2.86. The predicted octanol–water partition coefficient (Wildman–Crippen LogP) is 5.26. The summed E-state index contributed by atoms with van der Waals surface area (Å²) in [6.45, 7) is 4.45. The molecule has 5 rings (SSSR count). The van der Waals surface area contributed by atoms with Crippen LogP contribution in [-0.2, 0) is 0 Å². The number of ether oxygens (including phenoxy) is 1. The van der Waals surface area contributed by atoms with Gasteiger partial charge in [-0.15, -0.1) is 0 Å². The molecule has 5 heteroatoms.